The Balaban J connectivity index is 3.07. The van der Waals surface area contributed by atoms with Crippen LogP contribution in [0.5, 0.6) is 0 Å². The number of carbonyl (C=O) groups is 1. The summed E-state index contributed by atoms with van der Waals surface area (Å²) in [7, 11) is -3.19. The van der Waals surface area contributed by atoms with Gasteiger partial charge in [-0.05, 0) is 0 Å². The molecule has 0 heterocycles. The van der Waals surface area contributed by atoms with Crippen LogP contribution in [0, 0.1) is 5.82 Å². The van der Waals surface area contributed by atoms with Gasteiger partial charge in [-0.2, -0.15) is 0 Å². The van der Waals surface area contributed by atoms with E-state index in [0.29, 0.717) is 18.4 Å². The SMILES string of the molecule is CCCC(C(=O)O)c1ccc([AsH]S(C)(=O)=O)c(F)c1. The van der Waals surface area contributed by atoms with Crippen molar-refractivity contribution in [2.45, 2.75) is 25.7 Å². The Kier molecular flexibility index (Phi) is 5.56. The van der Waals surface area contributed by atoms with Crippen molar-refractivity contribution in [3.8, 4) is 0 Å². The number of carboxylic acid groups (broad SMARTS) is 1. The Morgan fingerprint density at radius 1 is 1.47 bits per heavy atom. The summed E-state index contributed by atoms with van der Waals surface area (Å²) in [6, 6.07) is 4.07. The van der Waals surface area contributed by atoms with E-state index in [1.165, 1.54) is 12.1 Å². The van der Waals surface area contributed by atoms with Gasteiger partial charge in [0.1, 0.15) is 0 Å². The molecule has 0 aliphatic rings. The molecule has 2 atom stereocenters. The molecule has 0 saturated carbocycles. The molecule has 0 aliphatic heterocycles. The summed E-state index contributed by atoms with van der Waals surface area (Å²) in [6.07, 6.45) is 2.19. The molecule has 0 saturated heterocycles. The van der Waals surface area contributed by atoms with Gasteiger partial charge in [-0.1, -0.05) is 0 Å². The topological polar surface area (TPSA) is 71.4 Å². The predicted molar refractivity (Wildman–Crippen MR) is 73.3 cm³/mol. The van der Waals surface area contributed by atoms with Crippen LogP contribution in [0.2, 0.25) is 0 Å². The minimum atomic E-state index is -3.19. The van der Waals surface area contributed by atoms with Crippen LogP contribution in [0.3, 0.4) is 0 Å². The molecule has 1 aromatic carbocycles. The van der Waals surface area contributed by atoms with Gasteiger partial charge in [0.15, 0.2) is 0 Å². The summed E-state index contributed by atoms with van der Waals surface area (Å²) in [6.45, 7) is 1.86. The molecule has 0 aromatic heterocycles. The second-order valence-corrected chi connectivity index (χ2v) is 13.1. The number of hydrogen-bond donors (Lipinski definition) is 1. The number of halogens is 1. The fourth-order valence-corrected chi connectivity index (χ4v) is 6.20. The van der Waals surface area contributed by atoms with Gasteiger partial charge in [0, 0.05) is 0 Å². The van der Waals surface area contributed by atoms with Gasteiger partial charge in [-0.25, -0.2) is 0 Å². The molecule has 7 heteroatoms. The van der Waals surface area contributed by atoms with Gasteiger partial charge in [0.25, 0.3) is 0 Å². The second-order valence-electron chi connectivity index (χ2n) is 4.29. The van der Waals surface area contributed by atoms with Gasteiger partial charge in [0.2, 0.25) is 0 Å². The monoisotopic (exact) mass is 350 g/mol. The van der Waals surface area contributed by atoms with Gasteiger partial charge >= 0.3 is 117 Å². The van der Waals surface area contributed by atoms with E-state index in [0.717, 1.165) is 12.3 Å². The standard InChI is InChI=1S/C12H16AsFO4S/c1-3-4-9(12(15)16)8-5-6-10(11(14)7-8)13-19(2,17)18/h5-7,9,13H,3-4H2,1-2H3,(H,15,16). The molecule has 0 spiro atoms. The summed E-state index contributed by atoms with van der Waals surface area (Å²) in [4.78, 5) is 11.1. The van der Waals surface area contributed by atoms with Crippen molar-refractivity contribution in [2.24, 2.45) is 0 Å². The van der Waals surface area contributed by atoms with E-state index in [1.54, 1.807) is 0 Å². The Hall–Kier alpha value is -0.872. The quantitative estimate of drug-likeness (QED) is 0.771. The molecule has 1 rings (SSSR count). The third-order valence-corrected chi connectivity index (χ3v) is 7.73. The van der Waals surface area contributed by atoms with Crippen molar-refractivity contribution in [3.05, 3.63) is 29.6 Å². The fraction of sp³-hybridized carbons (Fsp3) is 0.417. The van der Waals surface area contributed by atoms with Gasteiger partial charge < -0.3 is 0 Å². The summed E-state index contributed by atoms with van der Waals surface area (Å²) in [5.74, 6) is -2.36. The third kappa shape index (κ3) is 4.95. The number of benzene rings is 1. The first-order valence-electron chi connectivity index (χ1n) is 5.74. The Morgan fingerprint density at radius 2 is 2.11 bits per heavy atom. The molecule has 1 aromatic rings. The molecule has 0 amide bonds. The Labute approximate surface area is 117 Å². The first-order chi connectivity index (χ1) is 8.74. The van der Waals surface area contributed by atoms with Gasteiger partial charge in [-0.15, -0.1) is 0 Å². The first-order valence-corrected chi connectivity index (χ1v) is 11.3. The van der Waals surface area contributed by atoms with E-state index in [1.807, 2.05) is 6.92 Å². The second kappa shape index (κ2) is 6.53. The van der Waals surface area contributed by atoms with Crippen LogP contribution < -0.4 is 4.35 Å². The van der Waals surface area contributed by atoms with Crippen molar-refractivity contribution < 1.29 is 22.7 Å². The molecule has 0 bridgehead atoms. The van der Waals surface area contributed by atoms with Crippen LogP contribution in [-0.4, -0.2) is 40.3 Å². The molecule has 106 valence electrons. The molecule has 0 radical (unpaired) electrons. The molecule has 1 N–H and O–H groups in total. The molecular weight excluding hydrogens is 334 g/mol. The summed E-state index contributed by atoms with van der Waals surface area (Å²) >= 11 is -1.59. The minimum absolute atomic E-state index is 0.187. The van der Waals surface area contributed by atoms with E-state index < -0.39 is 40.4 Å². The zero-order chi connectivity index (χ0) is 14.6. The van der Waals surface area contributed by atoms with E-state index in [2.05, 4.69) is 0 Å². The van der Waals surface area contributed by atoms with Crippen molar-refractivity contribution in [3.63, 3.8) is 0 Å². The zero-order valence-corrected chi connectivity index (χ0v) is 13.6. The molecule has 2 unspecified atom stereocenters. The van der Waals surface area contributed by atoms with Crippen molar-refractivity contribution in [1.29, 1.82) is 0 Å². The molecule has 0 aliphatic carbocycles. The Bertz CT molecular complexity index is 571. The fourth-order valence-electron chi connectivity index (χ4n) is 1.75. The molecule has 19 heavy (non-hydrogen) atoms. The van der Waals surface area contributed by atoms with E-state index >= 15 is 0 Å². The van der Waals surface area contributed by atoms with Crippen LogP contribution in [0.25, 0.3) is 0 Å². The van der Waals surface area contributed by atoms with Crippen molar-refractivity contribution >= 4 is 33.0 Å². The normalized spacial score (nSPS) is 13.8. The van der Waals surface area contributed by atoms with Crippen molar-refractivity contribution in [2.75, 3.05) is 6.26 Å². The number of carboxylic acids is 1. The summed E-state index contributed by atoms with van der Waals surface area (Å²) in [5, 5.41) is 9.09. The molecule has 4 nitrogen and oxygen atoms in total. The van der Waals surface area contributed by atoms with Crippen LogP contribution in [0.1, 0.15) is 31.2 Å². The number of hydrogen-bond acceptors (Lipinski definition) is 3. The summed E-state index contributed by atoms with van der Waals surface area (Å²) < 4.78 is 36.4. The maximum absolute atomic E-state index is 13.8. The van der Waals surface area contributed by atoms with Crippen LogP contribution in [0.15, 0.2) is 18.2 Å². The van der Waals surface area contributed by atoms with Gasteiger partial charge in [0.05, 0.1) is 0 Å². The van der Waals surface area contributed by atoms with E-state index in [-0.39, 0.29) is 4.35 Å². The van der Waals surface area contributed by atoms with Crippen LogP contribution >= 0.6 is 0 Å². The number of aliphatic carboxylic acids is 1. The molecule has 0 fully saturated rings. The van der Waals surface area contributed by atoms with Gasteiger partial charge in [-0.3, -0.25) is 0 Å². The maximum atomic E-state index is 13.8. The molecular formula is C12H16AsFO4S. The summed E-state index contributed by atoms with van der Waals surface area (Å²) in [5.41, 5.74) is 0.385. The number of rotatable bonds is 6. The van der Waals surface area contributed by atoms with E-state index in [9.17, 15) is 17.6 Å². The average Bonchev–Trinajstić information content (AvgIpc) is 2.27. The Morgan fingerprint density at radius 3 is 2.53 bits per heavy atom. The third-order valence-electron chi connectivity index (χ3n) is 2.57. The predicted octanol–water partition coefficient (Wildman–Crippen LogP) is 0.815. The van der Waals surface area contributed by atoms with Crippen LogP contribution in [-0.2, 0) is 12.9 Å². The zero-order valence-electron chi connectivity index (χ0n) is 10.7. The average molecular weight is 350 g/mol. The van der Waals surface area contributed by atoms with Crippen LogP contribution in [0.4, 0.5) is 4.39 Å². The van der Waals surface area contributed by atoms with Crippen molar-refractivity contribution in [1.82, 2.24) is 0 Å². The van der Waals surface area contributed by atoms with E-state index in [4.69, 9.17) is 5.11 Å². The first kappa shape index (κ1) is 16.2.